The smallest absolute Gasteiger partial charge is 0.294 e. The van der Waals surface area contributed by atoms with E-state index in [0.717, 1.165) is 27.8 Å². The lowest BCUT2D eigenvalue weighted by Crippen LogP contribution is -2.36. The minimum absolute atomic E-state index is 0.259. The summed E-state index contributed by atoms with van der Waals surface area (Å²) in [6, 6.07) is 12.0. The fraction of sp³-hybridized carbons (Fsp3) is 0.150. The number of anilines is 1. The molecule has 1 aliphatic heterocycles. The van der Waals surface area contributed by atoms with Gasteiger partial charge in [0.1, 0.15) is 12.3 Å². The monoisotopic (exact) mass is 416 g/mol. The number of rotatable bonds is 5. The van der Waals surface area contributed by atoms with Gasteiger partial charge in [-0.2, -0.15) is 0 Å². The molecule has 0 aromatic heterocycles. The summed E-state index contributed by atoms with van der Waals surface area (Å²) >= 11 is 6.61. The van der Waals surface area contributed by atoms with Gasteiger partial charge >= 0.3 is 0 Å². The summed E-state index contributed by atoms with van der Waals surface area (Å²) in [5, 5.41) is 2.69. The van der Waals surface area contributed by atoms with Crippen molar-refractivity contribution in [3.8, 4) is 5.75 Å². The molecule has 1 N–H and O–H groups in total. The standard InChI is InChI=1S/C20H17ClN2O4S/c1-12-3-4-13(9-16(12)27-2)10-17-19(25)23(20(26)28-17)11-18(24)22-15-7-5-14(21)6-8-15/h3-10H,11H2,1-2H3,(H,22,24)/b17-10+. The highest BCUT2D eigenvalue weighted by Crippen LogP contribution is 2.33. The number of imide groups is 1. The van der Waals surface area contributed by atoms with E-state index in [9.17, 15) is 14.4 Å². The Morgan fingerprint density at radius 1 is 1.21 bits per heavy atom. The van der Waals surface area contributed by atoms with Crippen LogP contribution in [0.4, 0.5) is 10.5 Å². The van der Waals surface area contributed by atoms with Crippen LogP contribution >= 0.6 is 23.4 Å². The van der Waals surface area contributed by atoms with Crippen LogP contribution < -0.4 is 10.1 Å². The number of carbonyl (C=O) groups is 3. The molecule has 0 aliphatic carbocycles. The van der Waals surface area contributed by atoms with Crippen molar-refractivity contribution in [1.82, 2.24) is 4.90 Å². The molecule has 0 unspecified atom stereocenters. The molecule has 0 atom stereocenters. The molecule has 28 heavy (non-hydrogen) atoms. The van der Waals surface area contributed by atoms with Crippen molar-refractivity contribution in [2.24, 2.45) is 0 Å². The van der Waals surface area contributed by atoms with Crippen LogP contribution in [-0.2, 0) is 9.59 Å². The summed E-state index contributed by atoms with van der Waals surface area (Å²) in [4.78, 5) is 38.1. The summed E-state index contributed by atoms with van der Waals surface area (Å²) in [5.74, 6) is -0.279. The number of aryl methyl sites for hydroxylation is 1. The Bertz CT molecular complexity index is 973. The summed E-state index contributed by atoms with van der Waals surface area (Å²) in [6.45, 7) is 1.55. The second kappa shape index (κ2) is 8.50. The molecule has 2 aromatic rings. The lowest BCUT2D eigenvalue weighted by Gasteiger charge is -2.12. The third kappa shape index (κ3) is 4.55. The van der Waals surface area contributed by atoms with Crippen molar-refractivity contribution in [2.45, 2.75) is 6.92 Å². The topological polar surface area (TPSA) is 75.7 Å². The van der Waals surface area contributed by atoms with E-state index in [1.807, 2.05) is 19.1 Å². The van der Waals surface area contributed by atoms with Crippen LogP contribution in [0.2, 0.25) is 5.02 Å². The van der Waals surface area contributed by atoms with E-state index in [1.165, 1.54) is 0 Å². The fourth-order valence-electron chi connectivity index (χ4n) is 2.59. The Kier molecular flexibility index (Phi) is 6.06. The first-order chi connectivity index (χ1) is 13.4. The van der Waals surface area contributed by atoms with Crippen LogP contribution in [0.1, 0.15) is 11.1 Å². The van der Waals surface area contributed by atoms with Crippen LogP contribution in [0, 0.1) is 6.92 Å². The molecule has 3 amide bonds. The van der Waals surface area contributed by atoms with Gasteiger partial charge in [-0.15, -0.1) is 0 Å². The predicted molar refractivity (Wildman–Crippen MR) is 110 cm³/mol. The number of ether oxygens (including phenoxy) is 1. The van der Waals surface area contributed by atoms with Crippen LogP contribution in [0.15, 0.2) is 47.4 Å². The summed E-state index contributed by atoms with van der Waals surface area (Å²) in [5.41, 5.74) is 2.23. The maximum atomic E-state index is 12.6. The van der Waals surface area contributed by atoms with Gasteiger partial charge in [0.05, 0.1) is 12.0 Å². The summed E-state index contributed by atoms with van der Waals surface area (Å²) in [6.07, 6.45) is 1.62. The average Bonchev–Trinajstić information content (AvgIpc) is 2.92. The van der Waals surface area contributed by atoms with E-state index in [0.29, 0.717) is 16.5 Å². The molecule has 0 saturated carbocycles. The predicted octanol–water partition coefficient (Wildman–Crippen LogP) is 4.33. The first-order valence-corrected chi connectivity index (χ1v) is 9.52. The number of benzene rings is 2. The molecular weight excluding hydrogens is 400 g/mol. The van der Waals surface area contributed by atoms with Gasteiger partial charge in [0.2, 0.25) is 5.91 Å². The third-order valence-corrected chi connectivity index (χ3v) is 5.19. The van der Waals surface area contributed by atoms with Crippen LogP contribution in [0.25, 0.3) is 6.08 Å². The summed E-state index contributed by atoms with van der Waals surface area (Å²) in [7, 11) is 1.57. The van der Waals surface area contributed by atoms with E-state index in [1.54, 1.807) is 43.5 Å². The molecule has 2 aromatic carbocycles. The number of methoxy groups -OCH3 is 1. The fourth-order valence-corrected chi connectivity index (χ4v) is 3.56. The Hall–Kier alpha value is -2.77. The first kappa shape index (κ1) is 20.0. The normalized spacial score (nSPS) is 15.2. The van der Waals surface area contributed by atoms with E-state index < -0.39 is 17.1 Å². The maximum Gasteiger partial charge on any atom is 0.294 e. The van der Waals surface area contributed by atoms with Gasteiger partial charge in [-0.25, -0.2) is 0 Å². The van der Waals surface area contributed by atoms with Gasteiger partial charge in [-0.3, -0.25) is 19.3 Å². The molecule has 144 valence electrons. The second-order valence-corrected chi connectivity index (χ2v) is 7.48. The molecule has 1 aliphatic rings. The number of thioether (sulfide) groups is 1. The van der Waals surface area contributed by atoms with Gasteiger partial charge in [-0.1, -0.05) is 23.7 Å². The van der Waals surface area contributed by atoms with E-state index in [2.05, 4.69) is 5.32 Å². The number of carbonyl (C=O) groups excluding carboxylic acids is 3. The minimum Gasteiger partial charge on any atom is -0.496 e. The average molecular weight is 417 g/mol. The molecule has 0 bridgehead atoms. The van der Waals surface area contributed by atoms with Crippen molar-refractivity contribution in [3.05, 3.63) is 63.5 Å². The highest BCUT2D eigenvalue weighted by atomic mass is 35.5. The molecule has 0 spiro atoms. The SMILES string of the molecule is COc1cc(/C=C2/SC(=O)N(CC(=O)Nc3ccc(Cl)cc3)C2=O)ccc1C. The summed E-state index contributed by atoms with van der Waals surface area (Å²) < 4.78 is 5.28. The van der Waals surface area contributed by atoms with Gasteiger partial charge in [0, 0.05) is 10.7 Å². The van der Waals surface area contributed by atoms with Gasteiger partial charge in [0.25, 0.3) is 11.1 Å². The van der Waals surface area contributed by atoms with Crippen molar-refractivity contribution in [1.29, 1.82) is 0 Å². The number of hydrogen-bond acceptors (Lipinski definition) is 5. The lowest BCUT2D eigenvalue weighted by atomic mass is 10.1. The third-order valence-electron chi connectivity index (χ3n) is 4.03. The minimum atomic E-state index is -0.499. The Morgan fingerprint density at radius 2 is 1.93 bits per heavy atom. The van der Waals surface area contributed by atoms with E-state index in [4.69, 9.17) is 16.3 Å². The number of amides is 3. The van der Waals surface area contributed by atoms with Crippen molar-refractivity contribution >= 4 is 52.2 Å². The van der Waals surface area contributed by atoms with Crippen molar-refractivity contribution in [2.75, 3.05) is 19.0 Å². The highest BCUT2D eigenvalue weighted by Gasteiger charge is 2.36. The van der Waals surface area contributed by atoms with E-state index in [-0.39, 0.29) is 11.4 Å². The molecule has 1 fully saturated rings. The molecular formula is C20H17ClN2O4S. The first-order valence-electron chi connectivity index (χ1n) is 8.33. The lowest BCUT2D eigenvalue weighted by molar-refractivity contribution is -0.127. The number of nitrogens with zero attached hydrogens (tertiary/aromatic N) is 1. The quantitative estimate of drug-likeness (QED) is 0.734. The zero-order chi connectivity index (χ0) is 20.3. The molecule has 8 heteroatoms. The highest BCUT2D eigenvalue weighted by molar-refractivity contribution is 8.18. The van der Waals surface area contributed by atoms with Crippen molar-refractivity contribution < 1.29 is 19.1 Å². The molecule has 0 radical (unpaired) electrons. The Labute approximate surface area is 171 Å². The van der Waals surface area contributed by atoms with Gasteiger partial charge < -0.3 is 10.1 Å². The zero-order valence-electron chi connectivity index (χ0n) is 15.2. The number of hydrogen-bond donors (Lipinski definition) is 1. The Morgan fingerprint density at radius 3 is 2.61 bits per heavy atom. The molecule has 1 saturated heterocycles. The molecule has 6 nitrogen and oxygen atoms in total. The van der Waals surface area contributed by atoms with Crippen LogP contribution in [-0.4, -0.2) is 35.6 Å². The largest absolute Gasteiger partial charge is 0.496 e. The van der Waals surface area contributed by atoms with Crippen LogP contribution in [0.3, 0.4) is 0 Å². The zero-order valence-corrected chi connectivity index (χ0v) is 16.8. The number of nitrogens with one attached hydrogen (secondary N) is 1. The van der Waals surface area contributed by atoms with Crippen LogP contribution in [0.5, 0.6) is 5.75 Å². The second-order valence-electron chi connectivity index (χ2n) is 6.05. The Balaban J connectivity index is 1.70. The van der Waals surface area contributed by atoms with Gasteiger partial charge in [0.15, 0.2) is 0 Å². The number of halogens is 1. The molecule has 1 heterocycles. The molecule has 3 rings (SSSR count). The van der Waals surface area contributed by atoms with Gasteiger partial charge in [-0.05, 0) is 66.2 Å². The maximum absolute atomic E-state index is 12.6. The van der Waals surface area contributed by atoms with E-state index >= 15 is 0 Å². The van der Waals surface area contributed by atoms with Crippen molar-refractivity contribution in [3.63, 3.8) is 0 Å².